The molecule has 1 amide bonds. The fourth-order valence-corrected chi connectivity index (χ4v) is 2.48. The van der Waals surface area contributed by atoms with Gasteiger partial charge < -0.3 is 20.1 Å². The zero-order valence-electron chi connectivity index (χ0n) is 12.8. The lowest BCUT2D eigenvalue weighted by Gasteiger charge is -2.38. The Bertz CT molecular complexity index is 352. The average molecular weight is 286 g/mol. The number of nitrogens with zero attached hydrogens (tertiary/aromatic N) is 1. The zero-order chi connectivity index (χ0) is 15.3. The van der Waals surface area contributed by atoms with Crippen molar-refractivity contribution in [2.24, 2.45) is 11.3 Å². The van der Waals surface area contributed by atoms with Gasteiger partial charge in [0, 0.05) is 32.1 Å². The van der Waals surface area contributed by atoms with Gasteiger partial charge in [0.1, 0.15) is 0 Å². The summed E-state index contributed by atoms with van der Waals surface area (Å²) in [7, 11) is 1.35. The first-order valence-corrected chi connectivity index (χ1v) is 6.99. The number of rotatable bonds is 4. The molecule has 0 spiro atoms. The summed E-state index contributed by atoms with van der Waals surface area (Å²) in [6, 6.07) is 0.117. The standard InChI is InChI=1S/C14H26N2O4/c1-14(2,3)9-15-11-5-10(6-12(17)18)7-16(8-11)13(19)20-4/h10-11,15H,5-9H2,1-4H3,(H,17,18). The van der Waals surface area contributed by atoms with Crippen LogP contribution in [0.1, 0.15) is 33.6 Å². The minimum atomic E-state index is -0.823. The lowest BCUT2D eigenvalue weighted by molar-refractivity contribution is -0.138. The van der Waals surface area contributed by atoms with Crippen LogP contribution in [0.15, 0.2) is 0 Å². The summed E-state index contributed by atoms with van der Waals surface area (Å²) in [6.45, 7) is 8.25. The normalized spacial score (nSPS) is 23.5. The number of carbonyl (C=O) groups is 2. The van der Waals surface area contributed by atoms with E-state index in [1.807, 2.05) is 0 Å². The van der Waals surface area contributed by atoms with Gasteiger partial charge in [-0.15, -0.1) is 0 Å². The number of aliphatic carboxylic acids is 1. The second-order valence-corrected chi connectivity index (χ2v) is 6.71. The van der Waals surface area contributed by atoms with Crippen molar-refractivity contribution >= 4 is 12.1 Å². The smallest absolute Gasteiger partial charge is 0.409 e. The first-order chi connectivity index (χ1) is 9.21. The molecule has 1 rings (SSSR count). The molecule has 1 aliphatic rings. The topological polar surface area (TPSA) is 78.9 Å². The largest absolute Gasteiger partial charge is 0.481 e. The van der Waals surface area contributed by atoms with Gasteiger partial charge in [-0.05, 0) is 17.8 Å². The van der Waals surface area contributed by atoms with E-state index in [4.69, 9.17) is 9.84 Å². The molecule has 1 saturated heterocycles. The van der Waals surface area contributed by atoms with E-state index in [0.29, 0.717) is 13.1 Å². The number of amides is 1. The SMILES string of the molecule is COC(=O)N1CC(CC(=O)O)CC(NCC(C)(C)C)C1. The monoisotopic (exact) mass is 286 g/mol. The Morgan fingerprint density at radius 2 is 2.00 bits per heavy atom. The van der Waals surface area contributed by atoms with Gasteiger partial charge in [0.25, 0.3) is 0 Å². The maximum Gasteiger partial charge on any atom is 0.409 e. The van der Waals surface area contributed by atoms with Crippen molar-refractivity contribution in [2.45, 2.75) is 39.7 Å². The van der Waals surface area contributed by atoms with E-state index >= 15 is 0 Å². The quantitative estimate of drug-likeness (QED) is 0.820. The van der Waals surface area contributed by atoms with Crippen LogP contribution in [0.3, 0.4) is 0 Å². The molecule has 1 fully saturated rings. The first-order valence-electron chi connectivity index (χ1n) is 6.99. The van der Waals surface area contributed by atoms with Crippen LogP contribution < -0.4 is 5.32 Å². The van der Waals surface area contributed by atoms with Crippen LogP contribution in [-0.2, 0) is 9.53 Å². The van der Waals surface area contributed by atoms with Gasteiger partial charge in [-0.1, -0.05) is 20.8 Å². The van der Waals surface area contributed by atoms with Crippen molar-refractivity contribution in [2.75, 3.05) is 26.7 Å². The second-order valence-electron chi connectivity index (χ2n) is 6.71. The number of carbonyl (C=O) groups excluding carboxylic acids is 1. The minimum absolute atomic E-state index is 0.0298. The van der Waals surface area contributed by atoms with Crippen molar-refractivity contribution < 1.29 is 19.4 Å². The van der Waals surface area contributed by atoms with Crippen LogP contribution >= 0.6 is 0 Å². The molecule has 2 atom stereocenters. The molecule has 116 valence electrons. The molecule has 20 heavy (non-hydrogen) atoms. The maximum absolute atomic E-state index is 11.7. The number of methoxy groups -OCH3 is 1. The molecule has 0 aliphatic carbocycles. The molecule has 1 heterocycles. The van der Waals surface area contributed by atoms with Crippen LogP contribution in [0.4, 0.5) is 4.79 Å². The van der Waals surface area contributed by atoms with Crippen molar-refractivity contribution in [1.29, 1.82) is 0 Å². The van der Waals surface area contributed by atoms with Crippen LogP contribution in [0, 0.1) is 11.3 Å². The molecule has 0 aromatic carbocycles. The van der Waals surface area contributed by atoms with Gasteiger partial charge >= 0.3 is 12.1 Å². The minimum Gasteiger partial charge on any atom is -0.481 e. The Hall–Kier alpha value is -1.30. The van der Waals surface area contributed by atoms with Crippen molar-refractivity contribution in [3.63, 3.8) is 0 Å². The van der Waals surface area contributed by atoms with Crippen LogP contribution in [0.5, 0.6) is 0 Å². The van der Waals surface area contributed by atoms with Crippen molar-refractivity contribution in [1.82, 2.24) is 10.2 Å². The average Bonchev–Trinajstić information content (AvgIpc) is 2.33. The molecule has 0 radical (unpaired) electrons. The Balaban J connectivity index is 2.64. The summed E-state index contributed by atoms with van der Waals surface area (Å²) < 4.78 is 4.75. The number of nitrogens with one attached hydrogen (secondary N) is 1. The van der Waals surface area contributed by atoms with E-state index in [1.165, 1.54) is 7.11 Å². The molecule has 6 heteroatoms. The van der Waals surface area contributed by atoms with Gasteiger partial charge in [-0.3, -0.25) is 4.79 Å². The summed E-state index contributed by atoms with van der Waals surface area (Å²) in [5.41, 5.74) is 0.149. The Labute approximate surface area is 120 Å². The Kier molecular flexibility index (Phi) is 5.80. The summed E-state index contributed by atoms with van der Waals surface area (Å²) >= 11 is 0. The fourth-order valence-electron chi connectivity index (χ4n) is 2.48. The predicted octanol–water partition coefficient (Wildman–Crippen LogP) is 1.55. The third-order valence-electron chi connectivity index (χ3n) is 3.35. The van der Waals surface area contributed by atoms with E-state index in [2.05, 4.69) is 26.1 Å². The number of carboxylic acid groups (broad SMARTS) is 1. The lowest BCUT2D eigenvalue weighted by atomic mass is 9.90. The third-order valence-corrected chi connectivity index (χ3v) is 3.35. The van der Waals surface area contributed by atoms with Gasteiger partial charge in [0.15, 0.2) is 0 Å². The predicted molar refractivity (Wildman–Crippen MR) is 75.6 cm³/mol. The van der Waals surface area contributed by atoms with Gasteiger partial charge in [0.2, 0.25) is 0 Å². The number of likely N-dealkylation sites (tertiary alicyclic amines) is 1. The van der Waals surface area contributed by atoms with E-state index in [9.17, 15) is 9.59 Å². The Morgan fingerprint density at radius 1 is 1.35 bits per heavy atom. The van der Waals surface area contributed by atoms with Crippen LogP contribution in [0.2, 0.25) is 0 Å². The van der Waals surface area contributed by atoms with Gasteiger partial charge in [-0.2, -0.15) is 0 Å². The highest BCUT2D eigenvalue weighted by molar-refractivity contribution is 5.69. The molecule has 0 aromatic heterocycles. The molecular formula is C14H26N2O4. The fraction of sp³-hybridized carbons (Fsp3) is 0.857. The number of ether oxygens (including phenoxy) is 1. The number of carboxylic acids is 1. The summed E-state index contributed by atoms with van der Waals surface area (Å²) in [6.07, 6.45) is 0.472. The summed E-state index contributed by atoms with van der Waals surface area (Å²) in [4.78, 5) is 24.2. The highest BCUT2D eigenvalue weighted by Crippen LogP contribution is 2.22. The van der Waals surface area contributed by atoms with Crippen LogP contribution in [-0.4, -0.2) is 54.9 Å². The molecule has 2 unspecified atom stereocenters. The molecule has 6 nitrogen and oxygen atoms in total. The lowest BCUT2D eigenvalue weighted by Crippen LogP contribution is -2.52. The number of hydrogen-bond donors (Lipinski definition) is 2. The van der Waals surface area contributed by atoms with E-state index < -0.39 is 5.97 Å². The van der Waals surface area contributed by atoms with E-state index in [0.717, 1.165) is 13.0 Å². The van der Waals surface area contributed by atoms with E-state index in [1.54, 1.807) is 4.90 Å². The number of hydrogen-bond acceptors (Lipinski definition) is 4. The first kappa shape index (κ1) is 16.8. The summed E-state index contributed by atoms with van der Waals surface area (Å²) in [5, 5.41) is 12.4. The molecule has 0 saturated carbocycles. The number of piperidine rings is 1. The molecular weight excluding hydrogens is 260 g/mol. The molecule has 0 bridgehead atoms. The third kappa shape index (κ3) is 5.77. The highest BCUT2D eigenvalue weighted by atomic mass is 16.5. The highest BCUT2D eigenvalue weighted by Gasteiger charge is 2.31. The molecule has 1 aliphatic heterocycles. The molecule has 2 N–H and O–H groups in total. The zero-order valence-corrected chi connectivity index (χ0v) is 12.8. The second kappa shape index (κ2) is 6.92. The van der Waals surface area contributed by atoms with Crippen molar-refractivity contribution in [3.05, 3.63) is 0 Å². The molecule has 0 aromatic rings. The van der Waals surface area contributed by atoms with Crippen molar-refractivity contribution in [3.8, 4) is 0 Å². The van der Waals surface area contributed by atoms with Gasteiger partial charge in [0.05, 0.1) is 7.11 Å². The van der Waals surface area contributed by atoms with Crippen LogP contribution in [0.25, 0.3) is 0 Å². The van der Waals surface area contributed by atoms with E-state index in [-0.39, 0.29) is 29.9 Å². The maximum atomic E-state index is 11.7. The summed E-state index contributed by atoms with van der Waals surface area (Å²) in [5.74, 6) is -0.853. The Morgan fingerprint density at radius 3 is 2.50 bits per heavy atom. The van der Waals surface area contributed by atoms with Gasteiger partial charge in [-0.25, -0.2) is 4.79 Å².